The maximum absolute atomic E-state index is 11.8. The highest BCUT2D eigenvalue weighted by molar-refractivity contribution is 5.93. The molecule has 0 saturated carbocycles. The summed E-state index contributed by atoms with van der Waals surface area (Å²) in [5, 5.41) is 15.3. The van der Waals surface area contributed by atoms with Gasteiger partial charge in [-0.2, -0.15) is 5.26 Å². The summed E-state index contributed by atoms with van der Waals surface area (Å²) in [6.45, 7) is 5.05. The topological polar surface area (TPSA) is 87.0 Å². The fourth-order valence-corrected chi connectivity index (χ4v) is 1.59. The highest BCUT2D eigenvalue weighted by Crippen LogP contribution is 2.04. The van der Waals surface area contributed by atoms with E-state index in [4.69, 9.17) is 4.74 Å². The zero-order valence-electron chi connectivity index (χ0n) is 12.3. The van der Waals surface area contributed by atoms with Crippen LogP contribution in [0.2, 0.25) is 0 Å². The molecule has 1 aromatic rings. The Bertz CT molecular complexity index is 520. The van der Waals surface area contributed by atoms with Crippen molar-refractivity contribution in [3.8, 4) is 6.07 Å². The number of carbonyl (C=O) groups excluding carboxylic acids is 1. The summed E-state index contributed by atoms with van der Waals surface area (Å²) in [6.07, 6.45) is 4.29. The van der Waals surface area contributed by atoms with Crippen LogP contribution in [0.1, 0.15) is 25.8 Å². The number of esters is 1. The molecule has 0 unspecified atom stereocenters. The first-order valence-corrected chi connectivity index (χ1v) is 6.91. The van der Waals surface area contributed by atoms with E-state index >= 15 is 0 Å². The Hall–Kier alpha value is -2.55. The van der Waals surface area contributed by atoms with Gasteiger partial charge in [-0.15, -0.1) is 0 Å². The van der Waals surface area contributed by atoms with Crippen molar-refractivity contribution in [2.24, 2.45) is 0 Å². The molecule has 0 aliphatic heterocycles. The molecule has 0 aliphatic rings. The lowest BCUT2D eigenvalue weighted by Crippen LogP contribution is -2.30. The minimum absolute atomic E-state index is 0.0470. The molecule has 2 N–H and O–H groups in total. The number of nitriles is 1. The van der Waals surface area contributed by atoms with E-state index in [1.165, 1.54) is 0 Å². The van der Waals surface area contributed by atoms with Crippen LogP contribution in [0.25, 0.3) is 0 Å². The number of hydrogen-bond donors (Lipinski definition) is 2. The molecule has 112 valence electrons. The Labute approximate surface area is 124 Å². The predicted octanol–water partition coefficient (Wildman–Crippen LogP) is 1.47. The molecule has 6 nitrogen and oxygen atoms in total. The maximum atomic E-state index is 11.8. The summed E-state index contributed by atoms with van der Waals surface area (Å²) in [5.41, 5.74) is 0.906. The number of rotatable bonds is 8. The van der Waals surface area contributed by atoms with Gasteiger partial charge < -0.3 is 15.4 Å². The van der Waals surface area contributed by atoms with Gasteiger partial charge in [-0.3, -0.25) is 4.98 Å². The Morgan fingerprint density at radius 1 is 1.43 bits per heavy atom. The first-order chi connectivity index (χ1) is 10.2. The monoisotopic (exact) mass is 288 g/mol. The third-order valence-electron chi connectivity index (χ3n) is 2.59. The van der Waals surface area contributed by atoms with Crippen molar-refractivity contribution in [1.29, 1.82) is 5.26 Å². The number of carbonyl (C=O) groups is 1. The van der Waals surface area contributed by atoms with Crippen LogP contribution < -0.4 is 10.6 Å². The molecule has 0 fully saturated rings. The van der Waals surface area contributed by atoms with Crippen LogP contribution in [-0.2, 0) is 16.1 Å². The second kappa shape index (κ2) is 9.37. The molecule has 6 heteroatoms. The minimum Gasteiger partial charge on any atom is -0.462 e. The van der Waals surface area contributed by atoms with E-state index in [0.29, 0.717) is 18.9 Å². The summed E-state index contributed by atoms with van der Waals surface area (Å²) in [6, 6.07) is 5.64. The second-order valence-corrected chi connectivity index (χ2v) is 4.22. The third-order valence-corrected chi connectivity index (χ3v) is 2.59. The average molecular weight is 288 g/mol. The van der Waals surface area contributed by atoms with Crippen LogP contribution in [0.3, 0.4) is 0 Å². The Kier molecular flexibility index (Phi) is 7.36. The van der Waals surface area contributed by atoms with Gasteiger partial charge in [0, 0.05) is 25.5 Å². The molecule has 1 rings (SSSR count). The van der Waals surface area contributed by atoms with E-state index in [0.717, 1.165) is 12.0 Å². The van der Waals surface area contributed by atoms with Gasteiger partial charge >= 0.3 is 5.97 Å². The van der Waals surface area contributed by atoms with Gasteiger partial charge in [-0.1, -0.05) is 13.0 Å². The molecule has 21 heavy (non-hydrogen) atoms. The number of pyridine rings is 1. The van der Waals surface area contributed by atoms with Crippen molar-refractivity contribution in [1.82, 2.24) is 15.6 Å². The van der Waals surface area contributed by atoms with Crippen molar-refractivity contribution in [2.45, 2.75) is 26.8 Å². The van der Waals surface area contributed by atoms with Crippen LogP contribution in [0.4, 0.5) is 0 Å². The summed E-state index contributed by atoms with van der Waals surface area (Å²) in [7, 11) is 0. The number of nitrogens with one attached hydrogen (secondary N) is 2. The lowest BCUT2D eigenvalue weighted by Gasteiger charge is -2.14. The summed E-state index contributed by atoms with van der Waals surface area (Å²) in [4.78, 5) is 15.8. The van der Waals surface area contributed by atoms with Crippen LogP contribution >= 0.6 is 0 Å². The fourth-order valence-electron chi connectivity index (χ4n) is 1.59. The standard InChI is InChI=1S/C15H20N4O2/c1-3-7-18-14(13(9-16)15(20)21-4-2)19-11-12-6-5-8-17-10-12/h5-6,8,10,18-19H,3-4,7,11H2,1-2H3. The van der Waals surface area contributed by atoms with E-state index in [1.54, 1.807) is 19.3 Å². The first kappa shape index (κ1) is 16.5. The van der Waals surface area contributed by atoms with Gasteiger partial charge in [0.1, 0.15) is 11.9 Å². The Balaban J connectivity index is 2.87. The quantitative estimate of drug-likeness (QED) is 0.428. The van der Waals surface area contributed by atoms with Crippen molar-refractivity contribution < 1.29 is 9.53 Å². The zero-order valence-corrected chi connectivity index (χ0v) is 12.3. The molecule has 0 amide bonds. The van der Waals surface area contributed by atoms with Gasteiger partial charge in [0.15, 0.2) is 5.57 Å². The van der Waals surface area contributed by atoms with E-state index in [2.05, 4.69) is 15.6 Å². The molecule has 1 aromatic heterocycles. The van der Waals surface area contributed by atoms with Crippen LogP contribution in [0, 0.1) is 11.3 Å². The average Bonchev–Trinajstić information content (AvgIpc) is 2.51. The summed E-state index contributed by atoms with van der Waals surface area (Å²) in [5.74, 6) is -0.237. The zero-order chi connectivity index (χ0) is 15.5. The number of nitrogens with zero attached hydrogens (tertiary/aromatic N) is 2. The Morgan fingerprint density at radius 2 is 2.24 bits per heavy atom. The lowest BCUT2D eigenvalue weighted by atomic mass is 10.2. The van der Waals surface area contributed by atoms with E-state index in [1.807, 2.05) is 25.1 Å². The molecule has 0 aliphatic carbocycles. The van der Waals surface area contributed by atoms with Gasteiger partial charge in [0.05, 0.1) is 6.61 Å². The maximum Gasteiger partial charge on any atom is 0.352 e. The lowest BCUT2D eigenvalue weighted by molar-refractivity contribution is -0.138. The largest absolute Gasteiger partial charge is 0.462 e. The molecule has 0 radical (unpaired) electrons. The summed E-state index contributed by atoms with van der Waals surface area (Å²) < 4.78 is 4.90. The summed E-state index contributed by atoms with van der Waals surface area (Å²) >= 11 is 0. The smallest absolute Gasteiger partial charge is 0.352 e. The SMILES string of the molecule is CCCNC(NCc1cccnc1)=C(C#N)C(=O)OCC. The van der Waals surface area contributed by atoms with E-state index < -0.39 is 5.97 Å². The number of hydrogen-bond acceptors (Lipinski definition) is 6. The highest BCUT2D eigenvalue weighted by Gasteiger charge is 2.16. The normalized spacial score (nSPS) is 11.1. The van der Waals surface area contributed by atoms with Crippen molar-refractivity contribution >= 4 is 5.97 Å². The first-order valence-electron chi connectivity index (χ1n) is 6.91. The highest BCUT2D eigenvalue weighted by atomic mass is 16.5. The molecule has 0 saturated heterocycles. The van der Waals surface area contributed by atoms with E-state index in [9.17, 15) is 10.1 Å². The van der Waals surface area contributed by atoms with Gasteiger partial charge in [-0.05, 0) is 25.0 Å². The molecule has 1 heterocycles. The van der Waals surface area contributed by atoms with Crippen molar-refractivity contribution in [3.63, 3.8) is 0 Å². The molecule has 0 aromatic carbocycles. The van der Waals surface area contributed by atoms with Crippen molar-refractivity contribution in [2.75, 3.05) is 13.2 Å². The molecule has 0 atom stereocenters. The minimum atomic E-state index is -0.628. The van der Waals surface area contributed by atoms with Gasteiger partial charge in [0.25, 0.3) is 0 Å². The van der Waals surface area contributed by atoms with Crippen LogP contribution in [0.15, 0.2) is 35.9 Å². The fraction of sp³-hybridized carbons (Fsp3) is 0.400. The van der Waals surface area contributed by atoms with Crippen LogP contribution in [-0.4, -0.2) is 24.1 Å². The molecule has 0 spiro atoms. The van der Waals surface area contributed by atoms with Crippen molar-refractivity contribution in [3.05, 3.63) is 41.5 Å². The predicted molar refractivity (Wildman–Crippen MR) is 78.6 cm³/mol. The number of ether oxygens (including phenoxy) is 1. The molecular formula is C15H20N4O2. The molecular weight excluding hydrogens is 268 g/mol. The van der Waals surface area contributed by atoms with Gasteiger partial charge in [-0.25, -0.2) is 4.79 Å². The van der Waals surface area contributed by atoms with Gasteiger partial charge in [0.2, 0.25) is 0 Å². The Morgan fingerprint density at radius 3 is 2.81 bits per heavy atom. The third kappa shape index (κ3) is 5.53. The van der Waals surface area contributed by atoms with E-state index in [-0.39, 0.29) is 12.2 Å². The number of aromatic nitrogens is 1. The second-order valence-electron chi connectivity index (χ2n) is 4.22. The molecule has 0 bridgehead atoms. The van der Waals surface area contributed by atoms with Crippen LogP contribution in [0.5, 0.6) is 0 Å².